The summed E-state index contributed by atoms with van der Waals surface area (Å²) in [5.41, 5.74) is 1.16. The largest absolute Gasteiger partial charge is 0.333 e. The van der Waals surface area contributed by atoms with Crippen molar-refractivity contribution in [3.05, 3.63) is 53.3 Å². The van der Waals surface area contributed by atoms with E-state index in [2.05, 4.69) is 5.32 Å². The number of fused-ring (bicyclic) bond motifs is 2. The maximum absolute atomic E-state index is 13.5. The van der Waals surface area contributed by atoms with Gasteiger partial charge in [0, 0.05) is 17.9 Å². The summed E-state index contributed by atoms with van der Waals surface area (Å²) in [6.07, 6.45) is 1.89. The van der Waals surface area contributed by atoms with E-state index < -0.39 is 17.9 Å². The normalized spacial score (nSPS) is 23.5. The van der Waals surface area contributed by atoms with Crippen molar-refractivity contribution < 1.29 is 18.4 Å². The predicted molar refractivity (Wildman–Crippen MR) is 102 cm³/mol. The van der Waals surface area contributed by atoms with E-state index in [4.69, 9.17) is 0 Å². The summed E-state index contributed by atoms with van der Waals surface area (Å²) in [6.45, 7) is 1.13. The van der Waals surface area contributed by atoms with Crippen LogP contribution in [0.4, 0.5) is 14.5 Å². The van der Waals surface area contributed by atoms with Crippen molar-refractivity contribution in [1.29, 1.82) is 0 Å². The summed E-state index contributed by atoms with van der Waals surface area (Å²) in [5, 5.41) is 2.95. The molecule has 2 aliphatic rings. The van der Waals surface area contributed by atoms with Crippen LogP contribution in [0.2, 0.25) is 0 Å². The van der Waals surface area contributed by atoms with Crippen LogP contribution in [-0.4, -0.2) is 33.9 Å². The van der Waals surface area contributed by atoms with Crippen LogP contribution in [-0.2, 0) is 10.2 Å². The van der Waals surface area contributed by atoms with Gasteiger partial charge in [0.1, 0.15) is 5.69 Å². The number of aryl methyl sites for hydroxylation is 1. The van der Waals surface area contributed by atoms with Gasteiger partial charge in [-0.1, -0.05) is 31.5 Å². The molecule has 0 bridgehead atoms. The zero-order valence-electron chi connectivity index (χ0n) is 15.9. The summed E-state index contributed by atoms with van der Waals surface area (Å²) >= 11 is 0. The van der Waals surface area contributed by atoms with E-state index in [1.807, 2.05) is 31.2 Å². The highest BCUT2D eigenvalue weighted by atomic mass is 19.3. The smallest absolute Gasteiger partial charge is 0.319 e. The van der Waals surface area contributed by atoms with Crippen molar-refractivity contribution in [2.45, 2.75) is 51.1 Å². The van der Waals surface area contributed by atoms with Crippen LogP contribution in [0.25, 0.3) is 0 Å². The van der Waals surface area contributed by atoms with Crippen LogP contribution in [0.15, 0.2) is 36.4 Å². The Morgan fingerprint density at radius 2 is 2.04 bits per heavy atom. The highest BCUT2D eigenvalue weighted by Gasteiger charge is 2.58. The second-order valence-electron chi connectivity index (χ2n) is 7.53. The van der Waals surface area contributed by atoms with Gasteiger partial charge in [-0.15, -0.1) is 0 Å². The highest BCUT2D eigenvalue weighted by molar-refractivity contribution is 6.08. The van der Waals surface area contributed by atoms with Crippen LogP contribution in [0.5, 0.6) is 0 Å². The Morgan fingerprint density at radius 3 is 2.75 bits per heavy atom. The van der Waals surface area contributed by atoms with Gasteiger partial charge in [-0.05, 0) is 43.5 Å². The number of hydrogen-bond donors (Lipinski definition) is 1. The van der Waals surface area contributed by atoms with Gasteiger partial charge in [0.25, 0.3) is 5.91 Å². The number of rotatable bonds is 4. The molecule has 1 aromatic carbocycles. The third-order valence-electron chi connectivity index (χ3n) is 6.11. The molecule has 5 nitrogen and oxygen atoms in total. The quantitative estimate of drug-likeness (QED) is 0.859. The number of carbonyl (C=O) groups excluding carboxylic acids is 2. The Hall–Kier alpha value is -2.70. The van der Waals surface area contributed by atoms with E-state index in [0.717, 1.165) is 22.2 Å². The predicted octanol–water partition coefficient (Wildman–Crippen LogP) is 4.10. The first-order valence-corrected chi connectivity index (χ1v) is 9.59. The lowest BCUT2D eigenvalue weighted by atomic mass is 9.73. The lowest BCUT2D eigenvalue weighted by Gasteiger charge is -2.34. The van der Waals surface area contributed by atoms with Gasteiger partial charge in [0.05, 0.1) is 11.5 Å². The van der Waals surface area contributed by atoms with E-state index in [-0.39, 0.29) is 17.6 Å². The van der Waals surface area contributed by atoms with E-state index in [1.54, 1.807) is 11.8 Å². The summed E-state index contributed by atoms with van der Waals surface area (Å²) < 4.78 is 27.8. The molecular formula is C21H23F2N3O2. The van der Waals surface area contributed by atoms with Gasteiger partial charge in [-0.3, -0.25) is 14.2 Å². The maximum atomic E-state index is 13.5. The van der Waals surface area contributed by atoms with Crippen molar-refractivity contribution in [3.63, 3.8) is 0 Å². The monoisotopic (exact) mass is 387 g/mol. The van der Waals surface area contributed by atoms with E-state index >= 15 is 0 Å². The fourth-order valence-electron chi connectivity index (χ4n) is 4.85. The van der Waals surface area contributed by atoms with E-state index in [0.29, 0.717) is 25.1 Å². The van der Waals surface area contributed by atoms with Crippen LogP contribution in [0, 0.1) is 6.92 Å². The van der Waals surface area contributed by atoms with Gasteiger partial charge in [-0.2, -0.15) is 8.78 Å². The molecule has 1 fully saturated rings. The summed E-state index contributed by atoms with van der Waals surface area (Å²) in [4.78, 5) is 27.9. The molecule has 2 amide bonds. The number of alkyl halides is 2. The minimum Gasteiger partial charge on any atom is -0.333 e. The molecule has 2 aliphatic heterocycles. The number of para-hydroxylation sites is 1. The number of carbonyl (C=O) groups is 2. The van der Waals surface area contributed by atoms with Crippen molar-refractivity contribution in [3.8, 4) is 0 Å². The van der Waals surface area contributed by atoms with Crippen molar-refractivity contribution in [2.24, 2.45) is 0 Å². The van der Waals surface area contributed by atoms with Gasteiger partial charge >= 0.3 is 6.55 Å². The van der Waals surface area contributed by atoms with Gasteiger partial charge in [0.15, 0.2) is 0 Å². The molecule has 0 aliphatic carbocycles. The third-order valence-corrected chi connectivity index (χ3v) is 6.11. The molecule has 2 aromatic rings. The first-order chi connectivity index (χ1) is 13.4. The average molecular weight is 387 g/mol. The Kier molecular flexibility index (Phi) is 4.48. The zero-order valence-corrected chi connectivity index (χ0v) is 15.9. The summed E-state index contributed by atoms with van der Waals surface area (Å²) in [7, 11) is 0. The molecule has 7 heteroatoms. The number of nitrogens with one attached hydrogen (secondary N) is 1. The molecular weight excluding hydrogens is 364 g/mol. The number of hydrogen-bond acceptors (Lipinski definition) is 2. The molecule has 0 unspecified atom stereocenters. The second-order valence-corrected chi connectivity index (χ2v) is 7.53. The number of benzene rings is 1. The molecule has 28 heavy (non-hydrogen) atoms. The number of amides is 2. The Labute approximate surface area is 162 Å². The Morgan fingerprint density at radius 1 is 1.29 bits per heavy atom. The second kappa shape index (κ2) is 6.72. The van der Waals surface area contributed by atoms with Crippen molar-refractivity contribution in [2.75, 3.05) is 11.9 Å². The van der Waals surface area contributed by atoms with Crippen LogP contribution in [0.3, 0.4) is 0 Å². The first kappa shape index (κ1) is 18.7. The van der Waals surface area contributed by atoms with Crippen LogP contribution < -0.4 is 5.32 Å². The number of halogens is 2. The lowest BCUT2D eigenvalue weighted by Crippen LogP contribution is -2.49. The maximum Gasteiger partial charge on any atom is 0.319 e. The molecule has 2 atom stereocenters. The molecule has 0 saturated carbocycles. The lowest BCUT2D eigenvalue weighted by molar-refractivity contribution is -0.121. The molecule has 3 heterocycles. The third kappa shape index (κ3) is 2.48. The van der Waals surface area contributed by atoms with Crippen LogP contribution in [0.1, 0.15) is 54.5 Å². The minimum absolute atomic E-state index is 0.0302. The average Bonchev–Trinajstić information content (AvgIpc) is 3.31. The Bertz CT molecular complexity index is 939. The topological polar surface area (TPSA) is 54.3 Å². The van der Waals surface area contributed by atoms with E-state index in [1.165, 1.54) is 12.1 Å². The fraction of sp³-hybridized carbons (Fsp3) is 0.429. The molecule has 148 valence electrons. The molecule has 0 radical (unpaired) electrons. The minimum atomic E-state index is -2.79. The molecule has 1 spiro atoms. The van der Waals surface area contributed by atoms with E-state index in [9.17, 15) is 18.4 Å². The number of anilines is 1. The highest BCUT2D eigenvalue weighted by Crippen LogP contribution is 2.49. The first-order valence-electron chi connectivity index (χ1n) is 9.59. The fourth-order valence-corrected chi connectivity index (χ4v) is 4.85. The van der Waals surface area contributed by atoms with Crippen LogP contribution >= 0.6 is 0 Å². The number of aromatic nitrogens is 1. The SMILES string of the molecule is CCC[C@@H]1N(C(=O)c2ccc(C)n2C(F)F)CC[C@@]12C(=O)Nc1ccccc12. The molecule has 1 saturated heterocycles. The van der Waals surface area contributed by atoms with Gasteiger partial charge < -0.3 is 10.2 Å². The summed E-state index contributed by atoms with van der Waals surface area (Å²) in [5.74, 6) is -0.552. The number of likely N-dealkylation sites (tertiary alicyclic amines) is 1. The number of nitrogens with zero attached hydrogens (tertiary/aromatic N) is 2. The zero-order chi connectivity index (χ0) is 20.1. The Balaban J connectivity index is 1.77. The molecule has 1 aromatic heterocycles. The summed E-state index contributed by atoms with van der Waals surface area (Å²) in [6, 6.07) is 10.1. The standard InChI is InChI=1S/C21H23F2N3O2/c1-3-6-17-21(14-7-4-5-8-15(14)24-19(21)28)11-12-25(17)18(27)16-10-9-13(2)26(16)20(22)23/h4-5,7-10,17,20H,3,6,11-12H2,1-2H3,(H,24,28)/t17-,21-/m0/s1. The van der Waals surface area contributed by atoms with Crippen molar-refractivity contribution >= 4 is 17.5 Å². The van der Waals surface area contributed by atoms with Crippen molar-refractivity contribution in [1.82, 2.24) is 9.47 Å². The molecule has 4 rings (SSSR count). The molecule has 1 N–H and O–H groups in total. The van der Waals surface area contributed by atoms with Gasteiger partial charge in [0.2, 0.25) is 5.91 Å². The van der Waals surface area contributed by atoms with Gasteiger partial charge in [-0.25, -0.2) is 0 Å².